The molecule has 8 heteroatoms. The van der Waals surface area contributed by atoms with Crippen molar-refractivity contribution >= 4 is 17.4 Å². The van der Waals surface area contributed by atoms with Gasteiger partial charge in [0.1, 0.15) is 17.5 Å². The molecular formula is C23H22ClFN6. The van der Waals surface area contributed by atoms with Crippen molar-refractivity contribution in [3.63, 3.8) is 0 Å². The van der Waals surface area contributed by atoms with Crippen LogP contribution in [0.2, 0.25) is 5.02 Å². The van der Waals surface area contributed by atoms with E-state index in [1.807, 2.05) is 43.3 Å². The molecule has 3 aromatic heterocycles. The normalized spacial score (nSPS) is 12.0. The van der Waals surface area contributed by atoms with Gasteiger partial charge in [-0.3, -0.25) is 9.67 Å². The summed E-state index contributed by atoms with van der Waals surface area (Å²) in [5.74, 6) is 0.753. The van der Waals surface area contributed by atoms with Gasteiger partial charge in [0.05, 0.1) is 23.0 Å². The molecule has 0 fully saturated rings. The molecule has 0 spiro atoms. The maximum atomic E-state index is 13.9. The van der Waals surface area contributed by atoms with Crippen LogP contribution in [0.4, 0.5) is 10.2 Å². The van der Waals surface area contributed by atoms with Gasteiger partial charge >= 0.3 is 0 Å². The summed E-state index contributed by atoms with van der Waals surface area (Å²) >= 11 is 5.80. The molecule has 0 saturated heterocycles. The van der Waals surface area contributed by atoms with Crippen molar-refractivity contribution in [3.05, 3.63) is 77.3 Å². The lowest BCUT2D eigenvalue weighted by atomic mass is 10.1. The van der Waals surface area contributed by atoms with E-state index in [-0.39, 0.29) is 11.1 Å². The Hall–Kier alpha value is -3.32. The number of aromatic nitrogens is 5. The summed E-state index contributed by atoms with van der Waals surface area (Å²) in [4.78, 5) is 13.3. The minimum Gasteiger partial charge on any atom is -0.363 e. The monoisotopic (exact) mass is 436 g/mol. The summed E-state index contributed by atoms with van der Waals surface area (Å²) in [6, 6.07) is 8.47. The van der Waals surface area contributed by atoms with Gasteiger partial charge in [-0.25, -0.2) is 14.4 Å². The molecule has 1 atom stereocenters. The van der Waals surface area contributed by atoms with Gasteiger partial charge in [-0.05, 0) is 44.5 Å². The van der Waals surface area contributed by atoms with E-state index >= 15 is 0 Å². The molecular weight excluding hydrogens is 415 g/mol. The summed E-state index contributed by atoms with van der Waals surface area (Å²) in [6.45, 7) is 6.71. The maximum absolute atomic E-state index is 13.9. The molecule has 0 radical (unpaired) electrons. The van der Waals surface area contributed by atoms with E-state index in [1.165, 1.54) is 12.1 Å². The van der Waals surface area contributed by atoms with Crippen molar-refractivity contribution in [3.8, 4) is 22.4 Å². The van der Waals surface area contributed by atoms with Crippen LogP contribution < -0.4 is 5.32 Å². The zero-order valence-corrected chi connectivity index (χ0v) is 18.2. The number of rotatable bonds is 6. The molecule has 1 aromatic carbocycles. The minimum atomic E-state index is -0.479. The average molecular weight is 437 g/mol. The molecule has 3 heterocycles. The number of nitrogens with one attached hydrogen (secondary N) is 1. The molecule has 6 nitrogen and oxygen atoms in total. The zero-order valence-electron chi connectivity index (χ0n) is 17.5. The molecule has 0 aliphatic carbocycles. The molecule has 4 aromatic rings. The van der Waals surface area contributed by atoms with Crippen LogP contribution in [0.1, 0.15) is 31.3 Å². The Morgan fingerprint density at radius 3 is 2.65 bits per heavy atom. The van der Waals surface area contributed by atoms with Gasteiger partial charge in [-0.2, -0.15) is 5.10 Å². The number of hydrogen-bond acceptors (Lipinski definition) is 5. The number of hydrogen-bond donors (Lipinski definition) is 1. The lowest BCUT2D eigenvalue weighted by Crippen LogP contribution is -2.09. The fourth-order valence-corrected chi connectivity index (χ4v) is 3.41. The van der Waals surface area contributed by atoms with Crippen LogP contribution in [0.3, 0.4) is 0 Å². The van der Waals surface area contributed by atoms with Crippen molar-refractivity contribution in [1.29, 1.82) is 0 Å². The Morgan fingerprint density at radius 2 is 1.90 bits per heavy atom. The van der Waals surface area contributed by atoms with Gasteiger partial charge in [-0.1, -0.05) is 17.7 Å². The number of halogens is 2. The second-order valence-corrected chi connectivity index (χ2v) is 7.68. The lowest BCUT2D eigenvalue weighted by molar-refractivity contribution is 0.628. The van der Waals surface area contributed by atoms with Gasteiger partial charge in [0, 0.05) is 47.9 Å². The van der Waals surface area contributed by atoms with E-state index in [0.29, 0.717) is 22.9 Å². The van der Waals surface area contributed by atoms with Crippen molar-refractivity contribution in [2.24, 2.45) is 0 Å². The highest BCUT2D eigenvalue weighted by Crippen LogP contribution is 2.27. The Labute approximate surface area is 185 Å². The standard InChI is InChI=1S/C23H22ClFN6/c1-4-31-13-19(12-27-31)18-7-17(10-26-11-18)14(2)28-23-9-22(29-15(3)30-23)16-5-6-20(24)21(25)8-16/h5-14H,4H2,1-3H3,(H,28,29,30). The first-order chi connectivity index (χ1) is 14.9. The van der Waals surface area contributed by atoms with Gasteiger partial charge in [0.15, 0.2) is 0 Å². The average Bonchev–Trinajstić information content (AvgIpc) is 3.25. The largest absolute Gasteiger partial charge is 0.363 e. The number of pyridine rings is 1. The predicted octanol–water partition coefficient (Wildman–Crippen LogP) is 5.70. The highest BCUT2D eigenvalue weighted by molar-refractivity contribution is 6.30. The second-order valence-electron chi connectivity index (χ2n) is 7.27. The van der Waals surface area contributed by atoms with E-state index in [2.05, 4.69) is 31.4 Å². The van der Waals surface area contributed by atoms with E-state index in [1.54, 1.807) is 19.1 Å². The quantitative estimate of drug-likeness (QED) is 0.420. The summed E-state index contributed by atoms with van der Waals surface area (Å²) in [5.41, 5.74) is 4.30. The Balaban J connectivity index is 1.58. The summed E-state index contributed by atoms with van der Waals surface area (Å²) < 4.78 is 15.8. The fourth-order valence-electron chi connectivity index (χ4n) is 3.29. The number of aryl methyl sites for hydroxylation is 2. The van der Waals surface area contributed by atoms with Crippen molar-refractivity contribution in [1.82, 2.24) is 24.7 Å². The molecule has 1 N–H and O–H groups in total. The van der Waals surface area contributed by atoms with E-state index in [4.69, 9.17) is 11.6 Å². The van der Waals surface area contributed by atoms with Crippen LogP contribution in [0.15, 0.2) is 55.1 Å². The van der Waals surface area contributed by atoms with E-state index in [9.17, 15) is 4.39 Å². The Bertz CT molecular complexity index is 1220. The molecule has 0 aliphatic heterocycles. The first kappa shape index (κ1) is 20.9. The third-order valence-corrected chi connectivity index (χ3v) is 5.27. The number of nitrogens with zero attached hydrogens (tertiary/aromatic N) is 5. The zero-order chi connectivity index (χ0) is 22.0. The summed E-state index contributed by atoms with van der Waals surface area (Å²) in [7, 11) is 0. The third kappa shape index (κ3) is 4.72. The number of anilines is 1. The van der Waals surface area contributed by atoms with Gasteiger partial charge in [0.2, 0.25) is 0 Å². The molecule has 1 unspecified atom stereocenters. The highest BCUT2D eigenvalue weighted by Gasteiger charge is 2.12. The first-order valence-corrected chi connectivity index (χ1v) is 10.4. The Morgan fingerprint density at radius 1 is 1.06 bits per heavy atom. The van der Waals surface area contributed by atoms with Crippen LogP contribution in [0, 0.1) is 12.7 Å². The number of benzene rings is 1. The van der Waals surface area contributed by atoms with Crippen LogP contribution >= 0.6 is 11.6 Å². The molecule has 0 aliphatic rings. The molecule has 0 amide bonds. The second kappa shape index (κ2) is 8.81. The topological polar surface area (TPSA) is 68.5 Å². The summed E-state index contributed by atoms with van der Waals surface area (Å²) in [6.07, 6.45) is 7.50. The van der Waals surface area contributed by atoms with E-state index in [0.717, 1.165) is 23.2 Å². The summed E-state index contributed by atoms with van der Waals surface area (Å²) in [5, 5.41) is 7.81. The van der Waals surface area contributed by atoms with Crippen molar-refractivity contribution < 1.29 is 4.39 Å². The molecule has 0 saturated carbocycles. The van der Waals surface area contributed by atoms with Crippen LogP contribution in [-0.4, -0.2) is 24.7 Å². The molecule has 31 heavy (non-hydrogen) atoms. The van der Waals surface area contributed by atoms with Gasteiger partial charge < -0.3 is 5.32 Å². The minimum absolute atomic E-state index is 0.0576. The smallest absolute Gasteiger partial charge is 0.142 e. The van der Waals surface area contributed by atoms with Crippen molar-refractivity contribution in [2.75, 3.05) is 5.32 Å². The van der Waals surface area contributed by atoms with Crippen molar-refractivity contribution in [2.45, 2.75) is 33.4 Å². The maximum Gasteiger partial charge on any atom is 0.142 e. The molecule has 4 rings (SSSR count). The fraction of sp³-hybridized carbons (Fsp3) is 0.217. The van der Waals surface area contributed by atoms with Gasteiger partial charge in [-0.15, -0.1) is 0 Å². The predicted molar refractivity (Wildman–Crippen MR) is 120 cm³/mol. The van der Waals surface area contributed by atoms with Crippen LogP contribution in [0.25, 0.3) is 22.4 Å². The lowest BCUT2D eigenvalue weighted by Gasteiger charge is -2.16. The molecule has 158 valence electrons. The SMILES string of the molecule is CCn1cc(-c2cncc(C(C)Nc3cc(-c4ccc(Cl)c(F)c4)nc(C)n3)c2)cn1. The van der Waals surface area contributed by atoms with Crippen LogP contribution in [-0.2, 0) is 6.54 Å². The molecule has 0 bridgehead atoms. The van der Waals surface area contributed by atoms with E-state index < -0.39 is 5.82 Å². The van der Waals surface area contributed by atoms with Gasteiger partial charge in [0.25, 0.3) is 0 Å². The van der Waals surface area contributed by atoms with Crippen LogP contribution in [0.5, 0.6) is 0 Å². The highest BCUT2D eigenvalue weighted by atomic mass is 35.5. The Kier molecular flexibility index (Phi) is 5.95. The third-order valence-electron chi connectivity index (χ3n) is 4.97. The first-order valence-electron chi connectivity index (χ1n) is 9.98.